The largest absolute Gasteiger partial charge is 0.756 e. The van der Waals surface area contributed by atoms with Crippen molar-refractivity contribution in [3.8, 4) is 0 Å². The summed E-state index contributed by atoms with van der Waals surface area (Å²) < 4.78 is 23.1. The molecule has 0 fully saturated rings. The third-order valence-electron chi connectivity index (χ3n) is 9.43. The molecule has 2 N–H and O–H groups in total. The minimum absolute atomic E-state index is 0.00845. The Morgan fingerprint density at radius 2 is 1.12 bits per heavy atom. The van der Waals surface area contributed by atoms with Gasteiger partial charge in [0.1, 0.15) is 13.2 Å². The van der Waals surface area contributed by atoms with Crippen molar-refractivity contribution in [3.05, 3.63) is 36.5 Å². The lowest BCUT2D eigenvalue weighted by Crippen LogP contribution is -2.45. The molecule has 0 rings (SSSR count). The van der Waals surface area contributed by atoms with Crippen LogP contribution in [0, 0.1) is 0 Å². The van der Waals surface area contributed by atoms with Crippen molar-refractivity contribution in [3.63, 3.8) is 0 Å². The van der Waals surface area contributed by atoms with Gasteiger partial charge in [-0.2, -0.15) is 0 Å². The molecule has 0 aromatic carbocycles. The standard InChI is InChI=1S/C43H83N2O6P/c1-6-8-10-12-14-16-17-18-19-20-21-22-23-24-25-26-27-29-31-33-35-37-43(47)44-41(40-51-52(48,49)50-39-38-45(3,4)5)42(46)36-34-32-30-28-15-13-11-9-7-2/h7,9,15,28,34,36,41-42,46H,6,8,10-14,16-27,29-33,35,37-40H2,1-5H3,(H-,44,47,48,49)/b9-7+,28-15+,36-34+. The highest BCUT2D eigenvalue weighted by molar-refractivity contribution is 7.45. The first-order valence-electron chi connectivity index (χ1n) is 21.3. The lowest BCUT2D eigenvalue weighted by atomic mass is 10.0. The van der Waals surface area contributed by atoms with Crippen LogP contribution in [0.4, 0.5) is 0 Å². The summed E-state index contributed by atoms with van der Waals surface area (Å²) in [6.45, 7) is 4.38. The van der Waals surface area contributed by atoms with Crippen LogP contribution >= 0.6 is 7.82 Å². The fraction of sp³-hybridized carbons (Fsp3) is 0.837. The van der Waals surface area contributed by atoms with E-state index in [1.165, 1.54) is 116 Å². The van der Waals surface area contributed by atoms with Gasteiger partial charge in [-0.15, -0.1) is 0 Å². The Morgan fingerprint density at radius 3 is 1.56 bits per heavy atom. The van der Waals surface area contributed by atoms with E-state index in [2.05, 4.69) is 30.5 Å². The highest BCUT2D eigenvalue weighted by Gasteiger charge is 2.23. The summed E-state index contributed by atoms with van der Waals surface area (Å²) in [7, 11) is 1.23. The number of amides is 1. The Labute approximate surface area is 321 Å². The van der Waals surface area contributed by atoms with E-state index < -0.39 is 26.6 Å². The first kappa shape index (κ1) is 50.7. The van der Waals surface area contributed by atoms with E-state index in [0.717, 1.165) is 44.9 Å². The van der Waals surface area contributed by atoms with Gasteiger partial charge in [0.2, 0.25) is 5.91 Å². The molecule has 0 aliphatic carbocycles. The van der Waals surface area contributed by atoms with Crippen LogP contribution in [0.1, 0.15) is 181 Å². The Morgan fingerprint density at radius 1 is 0.692 bits per heavy atom. The fourth-order valence-corrected chi connectivity index (χ4v) is 6.74. The van der Waals surface area contributed by atoms with E-state index in [1.54, 1.807) is 6.08 Å². The summed E-state index contributed by atoms with van der Waals surface area (Å²) in [6, 6.07) is -0.903. The van der Waals surface area contributed by atoms with Crippen LogP contribution in [-0.2, 0) is 18.4 Å². The van der Waals surface area contributed by atoms with Gasteiger partial charge in [-0.05, 0) is 39.0 Å². The number of unbranched alkanes of at least 4 members (excludes halogenated alkanes) is 22. The third kappa shape index (κ3) is 37.1. The van der Waals surface area contributed by atoms with Crippen LogP contribution in [0.2, 0.25) is 0 Å². The second kappa shape index (κ2) is 35.4. The number of phosphoric acid groups is 1. The maximum Gasteiger partial charge on any atom is 0.268 e. The minimum atomic E-state index is -4.59. The highest BCUT2D eigenvalue weighted by Crippen LogP contribution is 2.38. The van der Waals surface area contributed by atoms with Crippen LogP contribution in [-0.4, -0.2) is 68.5 Å². The Balaban J connectivity index is 4.25. The highest BCUT2D eigenvalue weighted by atomic mass is 31.2. The van der Waals surface area contributed by atoms with Crippen molar-refractivity contribution in [2.75, 3.05) is 40.9 Å². The number of phosphoric ester groups is 1. The molecule has 3 atom stereocenters. The van der Waals surface area contributed by atoms with Crippen LogP contribution in [0.3, 0.4) is 0 Å². The Hall–Kier alpha value is -1.28. The average Bonchev–Trinajstić information content (AvgIpc) is 3.09. The molecule has 0 aliphatic heterocycles. The molecule has 0 radical (unpaired) electrons. The lowest BCUT2D eigenvalue weighted by molar-refractivity contribution is -0.870. The first-order chi connectivity index (χ1) is 25.0. The number of aliphatic hydroxyl groups excluding tert-OH is 1. The molecule has 52 heavy (non-hydrogen) atoms. The maximum atomic E-state index is 12.8. The second-order valence-corrected chi connectivity index (χ2v) is 17.1. The van der Waals surface area contributed by atoms with Gasteiger partial charge in [0.15, 0.2) is 0 Å². The number of nitrogens with zero attached hydrogens (tertiary/aromatic N) is 1. The molecule has 0 aromatic heterocycles. The van der Waals surface area contributed by atoms with Crippen LogP contribution < -0.4 is 10.2 Å². The van der Waals surface area contributed by atoms with Gasteiger partial charge in [-0.25, -0.2) is 0 Å². The molecular weight excluding hydrogens is 671 g/mol. The summed E-state index contributed by atoms with van der Waals surface area (Å²) in [5.74, 6) is -0.213. The first-order valence-corrected chi connectivity index (χ1v) is 22.8. The van der Waals surface area contributed by atoms with Gasteiger partial charge in [-0.1, -0.05) is 172 Å². The van der Waals surface area contributed by atoms with E-state index in [-0.39, 0.29) is 12.5 Å². The van der Waals surface area contributed by atoms with Crippen LogP contribution in [0.5, 0.6) is 0 Å². The summed E-state index contributed by atoms with van der Waals surface area (Å²) >= 11 is 0. The minimum Gasteiger partial charge on any atom is -0.756 e. The molecule has 0 aromatic rings. The molecule has 0 saturated carbocycles. The van der Waals surface area contributed by atoms with Crippen molar-refractivity contribution < 1.29 is 32.9 Å². The molecule has 0 heterocycles. The molecule has 0 saturated heterocycles. The van der Waals surface area contributed by atoms with Crippen molar-refractivity contribution in [1.29, 1.82) is 0 Å². The second-order valence-electron chi connectivity index (χ2n) is 15.7. The molecular formula is C43H83N2O6P. The van der Waals surface area contributed by atoms with Crippen molar-refractivity contribution in [2.45, 2.75) is 193 Å². The van der Waals surface area contributed by atoms with E-state index in [4.69, 9.17) is 9.05 Å². The van der Waals surface area contributed by atoms with E-state index in [0.29, 0.717) is 17.4 Å². The monoisotopic (exact) mass is 755 g/mol. The zero-order valence-corrected chi connectivity index (χ0v) is 35.4. The molecule has 8 nitrogen and oxygen atoms in total. The normalized spacial score (nSPS) is 14.8. The number of quaternary nitrogens is 1. The summed E-state index contributed by atoms with van der Waals surface area (Å²) in [5.41, 5.74) is 0. The van der Waals surface area contributed by atoms with Crippen molar-refractivity contribution >= 4 is 13.7 Å². The zero-order chi connectivity index (χ0) is 38.6. The molecule has 0 bridgehead atoms. The average molecular weight is 755 g/mol. The van der Waals surface area contributed by atoms with E-state index in [9.17, 15) is 19.4 Å². The molecule has 9 heteroatoms. The number of carbonyl (C=O) groups is 1. The third-order valence-corrected chi connectivity index (χ3v) is 10.4. The number of hydrogen-bond acceptors (Lipinski definition) is 6. The fourth-order valence-electron chi connectivity index (χ4n) is 6.01. The molecule has 1 amide bonds. The Kier molecular flexibility index (Phi) is 34.6. The topological polar surface area (TPSA) is 108 Å². The predicted octanol–water partition coefficient (Wildman–Crippen LogP) is 10.9. The van der Waals surface area contributed by atoms with E-state index in [1.807, 2.05) is 40.2 Å². The molecule has 306 valence electrons. The Bertz CT molecular complexity index is 948. The van der Waals surface area contributed by atoms with Gasteiger partial charge in [0.25, 0.3) is 7.82 Å². The predicted molar refractivity (Wildman–Crippen MR) is 219 cm³/mol. The summed E-state index contributed by atoms with van der Waals surface area (Å²) in [6.07, 6.45) is 42.3. The summed E-state index contributed by atoms with van der Waals surface area (Å²) in [4.78, 5) is 25.2. The van der Waals surface area contributed by atoms with Crippen molar-refractivity contribution in [1.82, 2.24) is 5.32 Å². The summed E-state index contributed by atoms with van der Waals surface area (Å²) in [5, 5.41) is 13.6. The smallest absolute Gasteiger partial charge is 0.268 e. The van der Waals surface area contributed by atoms with Crippen LogP contribution in [0.15, 0.2) is 36.5 Å². The number of aliphatic hydroxyl groups is 1. The SMILES string of the molecule is C/C=C/CC/C=C/CC/C=C/C(O)C(COP(=O)([O-])OCC[N+](C)(C)C)NC(=O)CCCCCCCCCCCCCCCCCCCCCCC. The number of nitrogens with one attached hydrogen (secondary N) is 1. The number of carbonyl (C=O) groups excluding carboxylic acids is 1. The van der Waals surface area contributed by atoms with Gasteiger partial charge < -0.3 is 28.8 Å². The number of hydrogen-bond donors (Lipinski definition) is 2. The molecule has 0 aliphatic rings. The quantitative estimate of drug-likeness (QED) is 0.0281. The van der Waals surface area contributed by atoms with Crippen molar-refractivity contribution in [2.24, 2.45) is 0 Å². The van der Waals surface area contributed by atoms with Gasteiger partial charge in [0, 0.05) is 6.42 Å². The van der Waals surface area contributed by atoms with Gasteiger partial charge in [-0.3, -0.25) is 9.36 Å². The number of rotatable bonds is 38. The lowest BCUT2D eigenvalue weighted by Gasteiger charge is -2.29. The van der Waals surface area contributed by atoms with E-state index >= 15 is 0 Å². The molecule has 0 spiro atoms. The van der Waals surface area contributed by atoms with Crippen LogP contribution in [0.25, 0.3) is 0 Å². The number of likely N-dealkylation sites (N-methyl/N-ethyl adjacent to an activating group) is 1. The maximum absolute atomic E-state index is 12.8. The zero-order valence-electron chi connectivity index (χ0n) is 34.5. The number of allylic oxidation sites excluding steroid dienone is 5. The van der Waals surface area contributed by atoms with Gasteiger partial charge in [0.05, 0.1) is 39.9 Å². The van der Waals surface area contributed by atoms with Gasteiger partial charge >= 0.3 is 0 Å². The molecule has 3 unspecified atom stereocenters.